The fourth-order valence-corrected chi connectivity index (χ4v) is 3.63. The summed E-state index contributed by atoms with van der Waals surface area (Å²) in [6, 6.07) is 13.9. The molecule has 1 N–H and O–H groups in total. The molecule has 1 atom stereocenters. The van der Waals surface area contributed by atoms with Gasteiger partial charge in [0.15, 0.2) is 5.82 Å². The first-order valence-corrected chi connectivity index (χ1v) is 9.26. The van der Waals surface area contributed by atoms with Crippen molar-refractivity contribution >= 4 is 17.2 Å². The Hall–Kier alpha value is -3.61. The maximum atomic E-state index is 12.3. The van der Waals surface area contributed by atoms with E-state index in [4.69, 9.17) is 4.42 Å². The van der Waals surface area contributed by atoms with Crippen LogP contribution in [0, 0.1) is 0 Å². The van der Waals surface area contributed by atoms with Gasteiger partial charge in [0.25, 0.3) is 5.91 Å². The van der Waals surface area contributed by atoms with Crippen LogP contribution in [0.3, 0.4) is 0 Å². The number of furan rings is 1. The maximum Gasteiger partial charge on any atom is 0.254 e. The quantitative estimate of drug-likeness (QED) is 0.595. The summed E-state index contributed by atoms with van der Waals surface area (Å²) < 4.78 is 6.85. The summed E-state index contributed by atoms with van der Waals surface area (Å²) in [6.07, 6.45) is 7.46. The van der Waals surface area contributed by atoms with E-state index in [9.17, 15) is 4.79 Å². The summed E-state index contributed by atoms with van der Waals surface area (Å²) in [5.74, 6) is 0.778. The fraction of sp³-hybridized carbons (Fsp3) is 0.190. The molecule has 1 aromatic carbocycles. The Labute approximate surface area is 161 Å². The Balaban J connectivity index is 1.38. The molecule has 7 heteroatoms. The molecule has 0 aliphatic carbocycles. The van der Waals surface area contributed by atoms with Crippen LogP contribution in [0.15, 0.2) is 71.8 Å². The molecule has 1 fully saturated rings. The van der Waals surface area contributed by atoms with E-state index in [2.05, 4.69) is 26.4 Å². The SMILES string of the molecule is O=C(N[C@H]1CCN(c2nccn3nc(-c4ccccc4)cc23)C1)c1ccoc1. The Morgan fingerprint density at radius 2 is 2.11 bits per heavy atom. The number of hydrogen-bond acceptors (Lipinski definition) is 5. The molecule has 0 unspecified atom stereocenters. The van der Waals surface area contributed by atoms with Crippen LogP contribution in [0.5, 0.6) is 0 Å². The Morgan fingerprint density at radius 3 is 2.93 bits per heavy atom. The molecule has 1 amide bonds. The number of amides is 1. The predicted molar refractivity (Wildman–Crippen MR) is 105 cm³/mol. The lowest BCUT2D eigenvalue weighted by atomic mass is 10.1. The third-order valence-electron chi connectivity index (χ3n) is 5.05. The number of rotatable bonds is 4. The van der Waals surface area contributed by atoms with E-state index >= 15 is 0 Å². The van der Waals surface area contributed by atoms with Gasteiger partial charge in [0, 0.05) is 37.1 Å². The number of nitrogens with one attached hydrogen (secondary N) is 1. The van der Waals surface area contributed by atoms with Crippen molar-refractivity contribution in [3.05, 3.63) is 72.9 Å². The number of anilines is 1. The number of benzene rings is 1. The lowest BCUT2D eigenvalue weighted by molar-refractivity contribution is 0.0939. The zero-order valence-electron chi connectivity index (χ0n) is 15.2. The number of carbonyl (C=O) groups excluding carboxylic acids is 1. The molecular formula is C21H19N5O2. The van der Waals surface area contributed by atoms with E-state index < -0.39 is 0 Å². The monoisotopic (exact) mass is 373 g/mol. The van der Waals surface area contributed by atoms with Gasteiger partial charge in [0.2, 0.25) is 0 Å². The van der Waals surface area contributed by atoms with Crippen molar-refractivity contribution in [2.45, 2.75) is 12.5 Å². The van der Waals surface area contributed by atoms with Crippen molar-refractivity contribution in [2.24, 2.45) is 0 Å². The molecule has 0 bridgehead atoms. The Bertz CT molecular complexity index is 1100. The second kappa shape index (κ2) is 6.84. The molecule has 5 rings (SSSR count). The van der Waals surface area contributed by atoms with Gasteiger partial charge in [0.1, 0.15) is 11.8 Å². The zero-order chi connectivity index (χ0) is 18.9. The molecule has 0 spiro atoms. The second-order valence-corrected chi connectivity index (χ2v) is 6.89. The lowest BCUT2D eigenvalue weighted by Crippen LogP contribution is -2.37. The van der Waals surface area contributed by atoms with E-state index in [0.29, 0.717) is 12.1 Å². The number of nitrogens with zero attached hydrogens (tertiary/aromatic N) is 4. The highest BCUT2D eigenvalue weighted by atomic mass is 16.3. The standard InChI is InChI=1S/C21H19N5O2/c27-21(16-7-11-28-14-16)23-17-6-9-25(13-17)20-19-12-18(15-4-2-1-3-5-15)24-26(19)10-8-22-20/h1-5,7-8,10-12,14,17H,6,9,13H2,(H,23,27)/t17-/m0/s1. The predicted octanol–water partition coefficient (Wildman–Crippen LogP) is 3.00. The van der Waals surface area contributed by atoms with Crippen molar-refractivity contribution in [1.82, 2.24) is 19.9 Å². The number of fused-ring (bicyclic) bond motifs is 1. The van der Waals surface area contributed by atoms with Crippen LogP contribution >= 0.6 is 0 Å². The third-order valence-corrected chi connectivity index (χ3v) is 5.05. The van der Waals surface area contributed by atoms with Crippen molar-refractivity contribution in [3.8, 4) is 11.3 Å². The lowest BCUT2D eigenvalue weighted by Gasteiger charge is -2.18. The van der Waals surface area contributed by atoms with Crippen molar-refractivity contribution in [3.63, 3.8) is 0 Å². The summed E-state index contributed by atoms with van der Waals surface area (Å²) >= 11 is 0. The van der Waals surface area contributed by atoms with E-state index in [1.54, 1.807) is 12.3 Å². The molecule has 4 aromatic rings. The van der Waals surface area contributed by atoms with Gasteiger partial charge in [-0.25, -0.2) is 9.50 Å². The van der Waals surface area contributed by atoms with E-state index in [1.165, 1.54) is 12.5 Å². The maximum absolute atomic E-state index is 12.3. The van der Waals surface area contributed by atoms with Gasteiger partial charge in [-0.2, -0.15) is 5.10 Å². The average molecular weight is 373 g/mol. The normalized spacial score (nSPS) is 16.6. The highest BCUT2D eigenvalue weighted by molar-refractivity contribution is 5.94. The highest BCUT2D eigenvalue weighted by Crippen LogP contribution is 2.27. The van der Waals surface area contributed by atoms with E-state index in [1.807, 2.05) is 41.0 Å². The number of hydrogen-bond donors (Lipinski definition) is 1. The molecule has 1 aliphatic rings. The van der Waals surface area contributed by atoms with Gasteiger partial charge in [-0.3, -0.25) is 4.79 Å². The minimum absolute atomic E-state index is 0.0703. The summed E-state index contributed by atoms with van der Waals surface area (Å²) in [5.41, 5.74) is 3.49. The molecule has 1 aliphatic heterocycles. The van der Waals surface area contributed by atoms with Gasteiger partial charge in [-0.15, -0.1) is 0 Å². The molecule has 3 aromatic heterocycles. The van der Waals surface area contributed by atoms with Crippen LogP contribution in [0.4, 0.5) is 5.82 Å². The van der Waals surface area contributed by atoms with Crippen LogP contribution in [0.2, 0.25) is 0 Å². The fourth-order valence-electron chi connectivity index (χ4n) is 3.63. The topological polar surface area (TPSA) is 75.7 Å². The molecule has 0 saturated carbocycles. The Kier molecular flexibility index (Phi) is 4.05. The highest BCUT2D eigenvalue weighted by Gasteiger charge is 2.27. The number of aromatic nitrogens is 3. The van der Waals surface area contributed by atoms with Crippen molar-refractivity contribution in [1.29, 1.82) is 0 Å². The van der Waals surface area contributed by atoms with E-state index in [-0.39, 0.29) is 11.9 Å². The molecule has 28 heavy (non-hydrogen) atoms. The largest absolute Gasteiger partial charge is 0.472 e. The zero-order valence-corrected chi connectivity index (χ0v) is 15.2. The molecule has 1 saturated heterocycles. The van der Waals surface area contributed by atoms with Gasteiger partial charge >= 0.3 is 0 Å². The summed E-state index contributed by atoms with van der Waals surface area (Å²) in [6.45, 7) is 1.54. The minimum atomic E-state index is -0.109. The Morgan fingerprint density at radius 1 is 1.21 bits per heavy atom. The molecule has 0 radical (unpaired) electrons. The minimum Gasteiger partial charge on any atom is -0.472 e. The summed E-state index contributed by atoms with van der Waals surface area (Å²) in [7, 11) is 0. The van der Waals surface area contributed by atoms with Crippen LogP contribution in [0.1, 0.15) is 16.8 Å². The van der Waals surface area contributed by atoms with Gasteiger partial charge in [-0.1, -0.05) is 30.3 Å². The third kappa shape index (κ3) is 3.00. The van der Waals surface area contributed by atoms with Crippen LogP contribution < -0.4 is 10.2 Å². The smallest absolute Gasteiger partial charge is 0.254 e. The molecule has 140 valence electrons. The second-order valence-electron chi connectivity index (χ2n) is 6.89. The van der Waals surface area contributed by atoms with Gasteiger partial charge in [0.05, 0.1) is 17.5 Å². The van der Waals surface area contributed by atoms with Crippen molar-refractivity contribution < 1.29 is 9.21 Å². The molecule has 4 heterocycles. The van der Waals surface area contributed by atoms with Crippen LogP contribution in [0.25, 0.3) is 16.8 Å². The number of carbonyl (C=O) groups is 1. The first-order chi connectivity index (χ1) is 13.8. The molecular weight excluding hydrogens is 354 g/mol. The first-order valence-electron chi connectivity index (χ1n) is 9.26. The van der Waals surface area contributed by atoms with Gasteiger partial charge < -0.3 is 14.6 Å². The summed E-state index contributed by atoms with van der Waals surface area (Å²) in [5, 5.41) is 7.76. The van der Waals surface area contributed by atoms with Crippen LogP contribution in [-0.2, 0) is 0 Å². The summed E-state index contributed by atoms with van der Waals surface area (Å²) in [4.78, 5) is 19.1. The first kappa shape index (κ1) is 16.6. The molecule has 7 nitrogen and oxygen atoms in total. The van der Waals surface area contributed by atoms with E-state index in [0.717, 1.165) is 35.6 Å². The van der Waals surface area contributed by atoms with Crippen LogP contribution in [-0.4, -0.2) is 39.6 Å². The average Bonchev–Trinajstić information content (AvgIpc) is 3.48. The van der Waals surface area contributed by atoms with Crippen molar-refractivity contribution in [2.75, 3.05) is 18.0 Å². The van der Waals surface area contributed by atoms with Gasteiger partial charge in [-0.05, 0) is 18.6 Å².